The fourth-order valence-electron chi connectivity index (χ4n) is 4.38. The number of imidazole rings is 1. The van der Waals surface area contributed by atoms with Crippen molar-refractivity contribution in [3.63, 3.8) is 0 Å². The van der Waals surface area contributed by atoms with Gasteiger partial charge in [0.2, 0.25) is 6.29 Å². The van der Waals surface area contributed by atoms with Crippen molar-refractivity contribution in [2.24, 2.45) is 0 Å². The third-order valence-electron chi connectivity index (χ3n) is 6.61. The predicted octanol–water partition coefficient (Wildman–Crippen LogP) is -8.54. The van der Waals surface area contributed by atoms with Crippen LogP contribution >= 0.6 is 15.6 Å². The van der Waals surface area contributed by atoms with Crippen LogP contribution in [0.4, 0.5) is 11.5 Å². The molecule has 246 valence electrons. The number of rotatable bonds is 12. The van der Waals surface area contributed by atoms with Crippen LogP contribution in [0.25, 0.3) is 11.2 Å². The summed E-state index contributed by atoms with van der Waals surface area (Å²) in [7, 11) is -11.4. The van der Waals surface area contributed by atoms with Crippen LogP contribution in [-0.4, -0.2) is 101 Å². The van der Waals surface area contributed by atoms with E-state index in [2.05, 4.69) is 28.3 Å². The summed E-state index contributed by atoms with van der Waals surface area (Å²) >= 11 is 0. The quantitative estimate of drug-likeness (QED) is 0.0501. The molecule has 3 aromatic rings. The van der Waals surface area contributed by atoms with Crippen molar-refractivity contribution >= 4 is 38.3 Å². The molecule has 10 atom stereocenters. The number of hydrogen-bond acceptors (Lipinski definition) is 20. The molecule has 2 aliphatic rings. The molecule has 0 aliphatic carbocycles. The first-order valence-corrected chi connectivity index (χ1v) is 15.6. The molecule has 0 radical (unpaired) electrons. The van der Waals surface area contributed by atoms with Crippen molar-refractivity contribution in [1.82, 2.24) is 19.5 Å². The number of hydrogen-bond donors (Lipinski definition) is 5. The van der Waals surface area contributed by atoms with E-state index < -0.39 is 82.9 Å². The van der Waals surface area contributed by atoms with Crippen molar-refractivity contribution in [3.8, 4) is 5.75 Å². The zero-order chi connectivity index (χ0) is 32.7. The van der Waals surface area contributed by atoms with Crippen molar-refractivity contribution in [2.75, 3.05) is 18.9 Å². The first kappa shape index (κ1) is 40.2. The summed E-state index contributed by atoms with van der Waals surface area (Å²) in [5.41, 5.74) is 5.79. The maximum absolute atomic E-state index is 12.2. The summed E-state index contributed by atoms with van der Waals surface area (Å²) < 4.78 is 54.8. The number of phosphoric acid groups is 2. The van der Waals surface area contributed by atoms with E-state index in [0.29, 0.717) is 0 Å². The monoisotopic (exact) mass is 724 g/mol. The van der Waals surface area contributed by atoms with Crippen LogP contribution in [0.1, 0.15) is 6.23 Å². The van der Waals surface area contributed by atoms with Crippen LogP contribution in [0.15, 0.2) is 36.9 Å². The van der Waals surface area contributed by atoms with Gasteiger partial charge in [-0.15, -0.1) is 0 Å². The molecule has 0 spiro atoms. The third kappa shape index (κ3) is 9.32. The number of aliphatic hydroxyl groups is 4. The molecule has 1 aromatic carbocycles. The first-order valence-electron chi connectivity index (χ1n) is 12.7. The average molecular weight is 724 g/mol. The van der Waals surface area contributed by atoms with Gasteiger partial charge in [-0.2, -0.15) is 0 Å². The topological polar surface area (TPSA) is 329 Å². The van der Waals surface area contributed by atoms with Gasteiger partial charge in [-0.05, 0) is 12.1 Å². The van der Waals surface area contributed by atoms with Gasteiger partial charge in [0.25, 0.3) is 21.3 Å². The first-order chi connectivity index (χ1) is 21.2. The van der Waals surface area contributed by atoms with E-state index >= 15 is 0 Å². The van der Waals surface area contributed by atoms with Crippen LogP contribution in [0.2, 0.25) is 0 Å². The molecule has 2 fully saturated rings. The second-order valence-electron chi connectivity index (χ2n) is 9.59. The molecule has 26 heteroatoms. The Hall–Kier alpha value is -1.21. The van der Waals surface area contributed by atoms with Crippen molar-refractivity contribution < 1.29 is 131 Å². The van der Waals surface area contributed by atoms with E-state index in [1.165, 1.54) is 23.0 Å². The number of nitrogen functional groups attached to an aromatic ring is 1. The Morgan fingerprint density at radius 1 is 0.894 bits per heavy atom. The molecule has 2 saturated heterocycles. The number of ether oxygens (including phenoxy) is 3. The van der Waals surface area contributed by atoms with Crippen molar-refractivity contribution in [3.05, 3.63) is 47.0 Å². The number of benzene rings is 1. The van der Waals surface area contributed by atoms with E-state index in [4.69, 9.17) is 19.9 Å². The van der Waals surface area contributed by atoms with Gasteiger partial charge in [0.1, 0.15) is 54.2 Å². The molecule has 2 aromatic heterocycles. The third-order valence-corrected chi connectivity index (χ3v) is 9.14. The smallest absolute Gasteiger partial charge is 0.756 e. The van der Waals surface area contributed by atoms with Gasteiger partial charge in [0.15, 0.2) is 17.7 Å². The zero-order valence-corrected chi connectivity index (χ0v) is 30.2. The average Bonchev–Trinajstić information content (AvgIpc) is 3.61. The number of aliphatic hydroxyl groups excluding tert-OH is 4. The summed E-state index contributed by atoms with van der Waals surface area (Å²) in [5, 5.41) is 52.0. The standard InChI is InChI=1S/C21H26N6O16P2.2Na/c22-18-13-19(24-7-23-18)26(8-25-13)20-16(30)14(28)11(41-20)5-38-44(34,35)43-45(36,37)39-6-12-15(29)17(31)21(42-12)40-10-3-1-9(2-4-10)27(32)33;;/h1-4,7-8,11-12,14-17,20-21,28-31H,5-6H2,(H,34,35)(H,36,37)(H2,22,23,24);;/q;2*+1/p-2/t11-,12-,14-,15-,16-,17-,20-,21-;;/m1../s1. The van der Waals surface area contributed by atoms with Crippen LogP contribution in [0, 0.1) is 10.1 Å². The molecule has 5 rings (SSSR count). The number of fused-ring (bicyclic) bond motifs is 1. The second kappa shape index (κ2) is 16.2. The van der Waals surface area contributed by atoms with Crippen LogP contribution in [0.3, 0.4) is 0 Å². The predicted molar refractivity (Wildman–Crippen MR) is 138 cm³/mol. The molecular weight excluding hydrogens is 700 g/mol. The van der Waals surface area contributed by atoms with Gasteiger partial charge in [-0.1, -0.05) is 0 Å². The summed E-state index contributed by atoms with van der Waals surface area (Å²) in [5.74, 6) is 0.0360. The Bertz CT molecular complexity index is 1640. The number of phosphoric ester groups is 2. The Morgan fingerprint density at radius 3 is 2.06 bits per heavy atom. The minimum Gasteiger partial charge on any atom is -0.756 e. The number of nitro benzene ring substituents is 1. The molecule has 0 amide bonds. The minimum atomic E-state index is -5.71. The molecular formula is C21H24N6Na2O16P2. The summed E-state index contributed by atoms with van der Waals surface area (Å²) in [6.45, 7) is -2.04. The molecule has 2 aliphatic heterocycles. The molecule has 47 heavy (non-hydrogen) atoms. The fraction of sp³-hybridized carbons (Fsp3) is 0.476. The Kier molecular flexibility index (Phi) is 13.9. The van der Waals surface area contributed by atoms with Gasteiger partial charge in [-0.3, -0.25) is 23.8 Å². The maximum atomic E-state index is 12.2. The molecule has 0 saturated carbocycles. The molecule has 2 unspecified atom stereocenters. The molecule has 4 heterocycles. The van der Waals surface area contributed by atoms with Crippen molar-refractivity contribution in [1.29, 1.82) is 0 Å². The van der Waals surface area contributed by atoms with Crippen LogP contribution < -0.4 is 79.4 Å². The zero-order valence-electron chi connectivity index (χ0n) is 24.4. The van der Waals surface area contributed by atoms with E-state index in [9.17, 15) is 49.5 Å². The van der Waals surface area contributed by atoms with Gasteiger partial charge in [-0.25, -0.2) is 19.3 Å². The van der Waals surface area contributed by atoms with E-state index in [-0.39, 0.29) is 87.5 Å². The number of aromatic nitrogens is 4. The Labute approximate surface area is 307 Å². The van der Waals surface area contributed by atoms with Gasteiger partial charge in [0.05, 0.1) is 24.5 Å². The maximum Gasteiger partial charge on any atom is 1.00 e. The van der Waals surface area contributed by atoms with Crippen LogP contribution in [-0.2, 0) is 32.0 Å². The van der Waals surface area contributed by atoms with Gasteiger partial charge in [0, 0.05) is 12.1 Å². The van der Waals surface area contributed by atoms with E-state index in [1.807, 2.05) is 0 Å². The van der Waals surface area contributed by atoms with Gasteiger partial charge < -0.3 is 59.2 Å². The molecule has 6 N–H and O–H groups in total. The summed E-state index contributed by atoms with van der Waals surface area (Å²) in [6, 6.07) is 4.60. The Morgan fingerprint density at radius 2 is 1.47 bits per heavy atom. The Balaban J connectivity index is 0.00000300. The number of nitrogens with two attached hydrogens (primary N) is 1. The van der Waals surface area contributed by atoms with E-state index in [1.54, 1.807) is 0 Å². The van der Waals surface area contributed by atoms with E-state index in [0.717, 1.165) is 18.5 Å². The normalized spacial score (nSPS) is 29.7. The number of nitro groups is 1. The summed E-state index contributed by atoms with van der Waals surface area (Å²) in [4.78, 5) is 46.4. The molecule has 0 bridgehead atoms. The molecule has 22 nitrogen and oxygen atoms in total. The number of non-ortho nitro benzene ring substituents is 1. The fourth-order valence-corrected chi connectivity index (χ4v) is 6.40. The van der Waals surface area contributed by atoms with Crippen molar-refractivity contribution in [2.45, 2.75) is 49.1 Å². The summed E-state index contributed by atoms with van der Waals surface area (Å²) in [6.07, 6.45) is -10.5. The van der Waals surface area contributed by atoms with Crippen LogP contribution in [0.5, 0.6) is 5.75 Å². The minimum absolute atomic E-state index is 0. The number of nitrogens with zero attached hydrogens (tertiary/aromatic N) is 5. The SMILES string of the molecule is Nc1ncnc2c1ncn2[C@@H]1O[C@H](COP(=O)([O-])OP(=O)([O-])OC[C@H]2O[C@@H](Oc3ccc([N+](=O)[O-])cc3)[C@H](O)[C@@H]2O)[C@@H](O)[C@H]1O.[Na+].[Na+]. The largest absolute Gasteiger partial charge is 1.00 e. The number of anilines is 1. The van der Waals surface area contributed by atoms with Gasteiger partial charge >= 0.3 is 59.1 Å². The second-order valence-corrected chi connectivity index (χ2v) is 12.5.